The quantitative estimate of drug-likeness (QED) is 0.143. The van der Waals surface area contributed by atoms with Crippen LogP contribution in [0.5, 0.6) is 5.88 Å². The van der Waals surface area contributed by atoms with Crippen molar-refractivity contribution < 1.29 is 14.3 Å². The van der Waals surface area contributed by atoms with Gasteiger partial charge in [0.05, 0.1) is 46.7 Å². The summed E-state index contributed by atoms with van der Waals surface area (Å²) < 4.78 is 12.4. The molecule has 13 heteroatoms. The number of hydrogen-bond acceptors (Lipinski definition) is 9. The first-order valence-electron chi connectivity index (χ1n) is 17.0. The smallest absolute Gasteiger partial charge is 0.278 e. The first kappa shape index (κ1) is 34.9. The molecule has 1 N–H and O–H groups in total. The zero-order valence-electron chi connectivity index (χ0n) is 28.7. The number of ether oxygens (including phenoxy) is 2. The van der Waals surface area contributed by atoms with Gasteiger partial charge in [0.25, 0.3) is 5.56 Å². The van der Waals surface area contributed by atoms with E-state index in [1.54, 1.807) is 39.7 Å². The van der Waals surface area contributed by atoms with Gasteiger partial charge in [-0.15, -0.1) is 0 Å². The molecule has 51 heavy (non-hydrogen) atoms. The topological polar surface area (TPSA) is 115 Å². The van der Waals surface area contributed by atoms with E-state index in [9.17, 15) is 9.59 Å². The van der Waals surface area contributed by atoms with E-state index >= 15 is 0 Å². The molecule has 1 amide bonds. The summed E-state index contributed by atoms with van der Waals surface area (Å²) in [5, 5.41) is 9.43. The summed E-state index contributed by atoms with van der Waals surface area (Å²) in [6, 6.07) is 15.5. The van der Waals surface area contributed by atoms with Crippen LogP contribution in [0.4, 0.5) is 11.5 Å². The third kappa shape index (κ3) is 6.79. The summed E-state index contributed by atoms with van der Waals surface area (Å²) >= 11 is 14.2. The largest absolute Gasteiger partial charge is 0.481 e. The number of halogens is 2. The van der Waals surface area contributed by atoms with Crippen molar-refractivity contribution in [1.29, 1.82) is 0 Å². The molecule has 1 saturated heterocycles. The Morgan fingerprint density at radius 3 is 2.63 bits per heavy atom. The van der Waals surface area contributed by atoms with Gasteiger partial charge < -0.3 is 19.7 Å². The molecule has 0 bridgehead atoms. The minimum Gasteiger partial charge on any atom is -0.481 e. The second kappa shape index (κ2) is 15.0. The average Bonchev–Trinajstić information content (AvgIpc) is 3.79. The van der Waals surface area contributed by atoms with Gasteiger partial charge in [0, 0.05) is 73.7 Å². The Balaban J connectivity index is 1.16. The van der Waals surface area contributed by atoms with E-state index in [4.69, 9.17) is 37.7 Å². The number of carbonyl (C=O) groups is 1. The van der Waals surface area contributed by atoms with E-state index in [2.05, 4.69) is 26.4 Å². The van der Waals surface area contributed by atoms with Gasteiger partial charge in [-0.1, -0.05) is 53.5 Å². The molecule has 1 aliphatic carbocycles. The summed E-state index contributed by atoms with van der Waals surface area (Å²) in [7, 11) is 4.92. The summed E-state index contributed by atoms with van der Waals surface area (Å²) in [5.74, 6) is 1.40. The van der Waals surface area contributed by atoms with Crippen LogP contribution < -0.4 is 15.6 Å². The lowest BCUT2D eigenvalue weighted by Crippen LogP contribution is -2.33. The van der Waals surface area contributed by atoms with E-state index in [0.29, 0.717) is 57.3 Å². The number of aryl methyl sites for hydroxylation is 2. The van der Waals surface area contributed by atoms with Gasteiger partial charge >= 0.3 is 0 Å². The standard InChI is InChI=1S/C38H39Cl2N7O4/c1-45-38(49)33-25(19-42-45)12-14-41-36(33)43-29-9-5-7-27(35(29)40)26-6-4-8-28(34(26)39)30-18-24-10-11-31(32(24)37(44-30)51-3)47-15-13-23(21-47)20-46(22-48)16-17-50-2/h4-9,12,14,18-19,22-23,31H,10-11,13,15-17,20-21H2,1-3H3,(H,41,43). The molecule has 1 aliphatic heterocycles. The van der Waals surface area contributed by atoms with E-state index < -0.39 is 0 Å². The fourth-order valence-corrected chi connectivity index (χ4v) is 8.03. The van der Waals surface area contributed by atoms with E-state index in [-0.39, 0.29) is 11.6 Å². The molecule has 0 saturated carbocycles. The van der Waals surface area contributed by atoms with Crippen molar-refractivity contribution >= 4 is 51.9 Å². The van der Waals surface area contributed by atoms with Gasteiger partial charge in [-0.3, -0.25) is 14.5 Å². The molecule has 7 rings (SSSR count). The van der Waals surface area contributed by atoms with Gasteiger partial charge in [0.1, 0.15) is 5.82 Å². The van der Waals surface area contributed by atoms with Gasteiger partial charge in [0.15, 0.2) is 0 Å². The van der Waals surface area contributed by atoms with Gasteiger partial charge in [-0.25, -0.2) is 14.6 Å². The predicted octanol–water partition coefficient (Wildman–Crippen LogP) is 6.53. The molecule has 2 aliphatic rings. The Kier molecular flexibility index (Phi) is 10.2. The van der Waals surface area contributed by atoms with E-state index in [1.165, 1.54) is 10.2 Å². The average molecular weight is 729 g/mol. The Labute approximate surface area is 306 Å². The van der Waals surface area contributed by atoms with Crippen LogP contribution in [0.25, 0.3) is 33.2 Å². The fourth-order valence-electron chi connectivity index (χ4n) is 7.43. The van der Waals surface area contributed by atoms with Crippen molar-refractivity contribution in [3.05, 3.63) is 92.5 Å². The minimum atomic E-state index is -0.265. The van der Waals surface area contributed by atoms with Crippen molar-refractivity contribution in [1.82, 2.24) is 29.5 Å². The Morgan fingerprint density at radius 1 is 1.06 bits per heavy atom. The summed E-state index contributed by atoms with van der Waals surface area (Å²) in [6.45, 7) is 3.74. The van der Waals surface area contributed by atoms with Gasteiger partial charge in [-0.05, 0) is 55.5 Å². The lowest BCUT2D eigenvalue weighted by atomic mass is 9.99. The molecule has 11 nitrogen and oxygen atoms in total. The number of nitrogens with one attached hydrogen (secondary N) is 1. The minimum absolute atomic E-state index is 0.202. The zero-order valence-corrected chi connectivity index (χ0v) is 30.2. The van der Waals surface area contributed by atoms with E-state index in [0.717, 1.165) is 73.3 Å². The van der Waals surface area contributed by atoms with Crippen molar-refractivity contribution in [3.63, 3.8) is 0 Å². The molecular formula is C38H39Cl2N7O4. The van der Waals surface area contributed by atoms with Crippen LogP contribution in [0, 0.1) is 5.92 Å². The molecule has 5 aromatic rings. The van der Waals surface area contributed by atoms with Crippen LogP contribution in [0.2, 0.25) is 10.0 Å². The normalized spacial score (nSPS) is 17.1. The van der Waals surface area contributed by atoms with Crippen LogP contribution in [0.1, 0.15) is 30.0 Å². The first-order valence-corrected chi connectivity index (χ1v) is 17.7. The van der Waals surface area contributed by atoms with E-state index in [1.807, 2.05) is 41.3 Å². The number of anilines is 2. The number of amides is 1. The highest BCUT2D eigenvalue weighted by Gasteiger charge is 2.37. The lowest BCUT2D eigenvalue weighted by molar-refractivity contribution is -0.119. The Morgan fingerprint density at radius 2 is 1.84 bits per heavy atom. The Hall–Kier alpha value is -4.55. The van der Waals surface area contributed by atoms with Crippen LogP contribution in [-0.4, -0.2) is 83.0 Å². The SMILES string of the molecule is COCCN(C=O)CC1CCN(C2CCc3cc(-c4cccc(-c5cccc(Nc6nccc7cnn(C)c(=O)c67)c5Cl)c4Cl)nc(OC)c32)C1. The number of methoxy groups -OCH3 is 2. The molecule has 264 valence electrons. The van der Waals surface area contributed by atoms with Crippen molar-refractivity contribution in [2.45, 2.75) is 25.3 Å². The molecular weight excluding hydrogens is 689 g/mol. The summed E-state index contributed by atoms with van der Waals surface area (Å²) in [4.78, 5) is 38.4. The number of nitrogens with zero attached hydrogens (tertiary/aromatic N) is 6. The maximum Gasteiger partial charge on any atom is 0.278 e. The predicted molar refractivity (Wildman–Crippen MR) is 200 cm³/mol. The number of carbonyl (C=O) groups excluding carboxylic acids is 1. The second-order valence-corrected chi connectivity index (χ2v) is 13.8. The number of hydrogen-bond donors (Lipinski definition) is 1. The highest BCUT2D eigenvalue weighted by atomic mass is 35.5. The number of aromatic nitrogens is 4. The third-order valence-corrected chi connectivity index (χ3v) is 10.8. The number of fused-ring (bicyclic) bond motifs is 2. The highest BCUT2D eigenvalue weighted by molar-refractivity contribution is 6.39. The zero-order chi connectivity index (χ0) is 35.6. The van der Waals surface area contributed by atoms with Crippen LogP contribution in [0.15, 0.2) is 65.7 Å². The van der Waals surface area contributed by atoms with Crippen molar-refractivity contribution in [3.8, 4) is 28.3 Å². The van der Waals surface area contributed by atoms with Crippen LogP contribution >= 0.6 is 23.2 Å². The van der Waals surface area contributed by atoms with Gasteiger partial charge in [-0.2, -0.15) is 5.10 Å². The maximum absolute atomic E-state index is 13.0. The molecule has 0 spiro atoms. The summed E-state index contributed by atoms with van der Waals surface area (Å²) in [6.07, 6.45) is 7.09. The molecule has 4 heterocycles. The molecule has 3 aromatic heterocycles. The Bertz CT molecular complexity index is 2160. The van der Waals surface area contributed by atoms with Crippen LogP contribution in [0.3, 0.4) is 0 Å². The van der Waals surface area contributed by atoms with Crippen LogP contribution in [-0.2, 0) is 23.0 Å². The number of likely N-dealkylation sites (tertiary alicyclic amines) is 1. The monoisotopic (exact) mass is 727 g/mol. The molecule has 2 aromatic carbocycles. The number of benzene rings is 2. The molecule has 2 unspecified atom stereocenters. The maximum atomic E-state index is 13.0. The second-order valence-electron chi connectivity index (χ2n) is 13.0. The molecule has 2 atom stereocenters. The van der Waals surface area contributed by atoms with Crippen molar-refractivity contribution in [2.75, 3.05) is 52.3 Å². The van der Waals surface area contributed by atoms with Gasteiger partial charge in [0.2, 0.25) is 12.3 Å². The summed E-state index contributed by atoms with van der Waals surface area (Å²) in [5.41, 5.74) is 5.61. The number of rotatable bonds is 12. The fraction of sp³-hybridized carbons (Fsp3) is 0.342. The third-order valence-electron chi connectivity index (χ3n) is 9.98. The number of pyridine rings is 2. The highest BCUT2D eigenvalue weighted by Crippen LogP contribution is 2.46. The van der Waals surface area contributed by atoms with Crippen molar-refractivity contribution in [2.24, 2.45) is 13.0 Å². The lowest BCUT2D eigenvalue weighted by Gasteiger charge is -2.27. The first-order chi connectivity index (χ1) is 24.8. The molecule has 0 radical (unpaired) electrons. The molecule has 1 fully saturated rings.